The highest BCUT2D eigenvalue weighted by atomic mass is 19.2. The predicted octanol–water partition coefficient (Wildman–Crippen LogP) is 1.60. The van der Waals surface area contributed by atoms with E-state index in [0.717, 1.165) is 12.2 Å². The van der Waals surface area contributed by atoms with E-state index in [1.165, 1.54) is 0 Å². The second-order valence-corrected chi connectivity index (χ2v) is 4.28. The van der Waals surface area contributed by atoms with Gasteiger partial charge in [0.25, 0.3) is 11.8 Å². The van der Waals surface area contributed by atoms with Crippen LogP contribution in [0.3, 0.4) is 0 Å². The number of amides is 2. The summed E-state index contributed by atoms with van der Waals surface area (Å²) >= 11 is 0. The standard InChI is InChI=1S/C13H6F5NO4/c14-8-9(15)11(17)13(12(18)10(8)16)23-7(22)3-4-19-5(20)1-2-6(19)21/h1-2H,3-4H2. The van der Waals surface area contributed by atoms with Crippen molar-refractivity contribution in [1.82, 2.24) is 4.90 Å². The maximum Gasteiger partial charge on any atom is 0.313 e. The van der Waals surface area contributed by atoms with Crippen LogP contribution in [0.2, 0.25) is 0 Å². The molecule has 1 aromatic rings. The monoisotopic (exact) mass is 335 g/mol. The van der Waals surface area contributed by atoms with Crippen LogP contribution >= 0.6 is 0 Å². The number of nitrogens with zero attached hydrogens (tertiary/aromatic N) is 1. The van der Waals surface area contributed by atoms with Crippen molar-refractivity contribution in [1.29, 1.82) is 0 Å². The van der Waals surface area contributed by atoms with E-state index in [0.29, 0.717) is 4.90 Å². The smallest absolute Gasteiger partial charge is 0.313 e. The van der Waals surface area contributed by atoms with Crippen molar-refractivity contribution in [3.05, 3.63) is 41.2 Å². The van der Waals surface area contributed by atoms with E-state index in [2.05, 4.69) is 4.74 Å². The zero-order chi connectivity index (χ0) is 17.3. The summed E-state index contributed by atoms with van der Waals surface area (Å²) in [6.07, 6.45) is 1.19. The van der Waals surface area contributed by atoms with Gasteiger partial charge in [-0.25, -0.2) is 13.2 Å². The minimum Gasteiger partial charge on any atom is -0.420 e. The number of imide groups is 1. The molecule has 1 heterocycles. The normalized spacial score (nSPS) is 13.9. The van der Waals surface area contributed by atoms with Gasteiger partial charge in [0.05, 0.1) is 6.42 Å². The molecule has 2 amide bonds. The molecule has 23 heavy (non-hydrogen) atoms. The Labute approximate surface area is 124 Å². The number of carbonyl (C=O) groups excluding carboxylic acids is 3. The SMILES string of the molecule is O=C(CCN1C(=O)C=CC1=O)Oc1c(F)c(F)c(F)c(F)c1F. The number of hydrogen-bond donors (Lipinski definition) is 0. The molecule has 1 aromatic carbocycles. The Bertz CT molecular complexity index is 699. The number of carbonyl (C=O) groups is 3. The summed E-state index contributed by atoms with van der Waals surface area (Å²) in [6, 6.07) is 0. The third-order valence-electron chi connectivity index (χ3n) is 2.83. The highest BCUT2D eigenvalue weighted by Gasteiger charge is 2.29. The van der Waals surface area contributed by atoms with Crippen molar-refractivity contribution in [2.24, 2.45) is 0 Å². The Kier molecular flexibility index (Phi) is 4.43. The van der Waals surface area contributed by atoms with Crippen LogP contribution in [0, 0.1) is 29.1 Å². The van der Waals surface area contributed by atoms with Gasteiger partial charge in [-0.05, 0) is 0 Å². The molecule has 0 saturated carbocycles. The number of halogens is 5. The van der Waals surface area contributed by atoms with Gasteiger partial charge in [0.2, 0.25) is 34.8 Å². The summed E-state index contributed by atoms with van der Waals surface area (Å²) in [6.45, 7) is -0.473. The molecule has 2 rings (SSSR count). The van der Waals surface area contributed by atoms with E-state index in [1.807, 2.05) is 0 Å². The van der Waals surface area contributed by atoms with Gasteiger partial charge in [-0.3, -0.25) is 19.3 Å². The van der Waals surface area contributed by atoms with Crippen molar-refractivity contribution in [3.63, 3.8) is 0 Å². The van der Waals surface area contributed by atoms with Crippen molar-refractivity contribution >= 4 is 17.8 Å². The predicted molar refractivity (Wildman–Crippen MR) is 62.3 cm³/mol. The Balaban J connectivity index is 2.10. The van der Waals surface area contributed by atoms with Gasteiger partial charge in [-0.1, -0.05) is 0 Å². The summed E-state index contributed by atoms with van der Waals surface area (Å²) in [4.78, 5) is 34.5. The van der Waals surface area contributed by atoms with Gasteiger partial charge in [0, 0.05) is 18.7 Å². The van der Waals surface area contributed by atoms with Crippen LogP contribution in [0.5, 0.6) is 5.75 Å². The number of esters is 1. The highest BCUT2D eigenvalue weighted by molar-refractivity contribution is 6.13. The summed E-state index contributed by atoms with van der Waals surface area (Å²) in [5.74, 6) is -16.1. The first-order valence-corrected chi connectivity index (χ1v) is 5.99. The van der Waals surface area contributed by atoms with Gasteiger partial charge in [0.1, 0.15) is 0 Å². The molecule has 0 saturated heterocycles. The van der Waals surface area contributed by atoms with Gasteiger partial charge < -0.3 is 4.74 Å². The molecule has 1 aliphatic rings. The van der Waals surface area contributed by atoms with Crippen LogP contribution in [-0.4, -0.2) is 29.2 Å². The van der Waals surface area contributed by atoms with Crippen LogP contribution in [0.4, 0.5) is 22.0 Å². The average molecular weight is 335 g/mol. The summed E-state index contributed by atoms with van der Waals surface area (Å²) in [5, 5.41) is 0. The van der Waals surface area contributed by atoms with Crippen LogP contribution < -0.4 is 4.74 Å². The third kappa shape index (κ3) is 3.05. The fraction of sp³-hybridized carbons (Fsp3) is 0.154. The number of benzene rings is 1. The van der Waals surface area contributed by atoms with Crippen LogP contribution in [0.1, 0.15) is 6.42 Å². The largest absolute Gasteiger partial charge is 0.420 e. The lowest BCUT2D eigenvalue weighted by molar-refractivity contribution is -0.139. The van der Waals surface area contributed by atoms with E-state index in [9.17, 15) is 36.3 Å². The molecule has 0 atom stereocenters. The highest BCUT2D eigenvalue weighted by Crippen LogP contribution is 2.29. The second-order valence-electron chi connectivity index (χ2n) is 4.28. The number of rotatable bonds is 4. The molecule has 0 unspecified atom stereocenters. The summed E-state index contributed by atoms with van der Waals surface area (Å²) in [5.41, 5.74) is 0. The third-order valence-corrected chi connectivity index (χ3v) is 2.83. The quantitative estimate of drug-likeness (QED) is 0.209. The zero-order valence-corrected chi connectivity index (χ0v) is 11.0. The lowest BCUT2D eigenvalue weighted by Crippen LogP contribution is -2.32. The molecule has 0 aromatic heterocycles. The molecular weight excluding hydrogens is 329 g/mol. The lowest BCUT2D eigenvalue weighted by Gasteiger charge is -2.13. The first-order valence-electron chi connectivity index (χ1n) is 5.99. The molecule has 0 fully saturated rings. The van der Waals surface area contributed by atoms with E-state index in [-0.39, 0.29) is 0 Å². The van der Waals surface area contributed by atoms with Crippen molar-refractivity contribution in [2.45, 2.75) is 6.42 Å². The molecule has 122 valence electrons. The zero-order valence-electron chi connectivity index (χ0n) is 11.0. The lowest BCUT2D eigenvalue weighted by atomic mass is 10.2. The van der Waals surface area contributed by atoms with Crippen LogP contribution in [-0.2, 0) is 14.4 Å². The molecule has 0 aliphatic carbocycles. The van der Waals surface area contributed by atoms with E-state index in [1.54, 1.807) is 0 Å². The van der Waals surface area contributed by atoms with Gasteiger partial charge in [0.15, 0.2) is 0 Å². The molecule has 1 aliphatic heterocycles. The Morgan fingerprint density at radius 2 is 1.30 bits per heavy atom. The minimum atomic E-state index is -2.39. The Morgan fingerprint density at radius 1 is 0.870 bits per heavy atom. The van der Waals surface area contributed by atoms with Gasteiger partial charge in [-0.2, -0.15) is 8.78 Å². The fourth-order valence-corrected chi connectivity index (χ4v) is 1.69. The molecule has 0 N–H and O–H groups in total. The van der Waals surface area contributed by atoms with Crippen LogP contribution in [0.25, 0.3) is 0 Å². The number of ether oxygens (including phenoxy) is 1. The Hall–Kier alpha value is -2.78. The van der Waals surface area contributed by atoms with E-state index in [4.69, 9.17) is 0 Å². The van der Waals surface area contributed by atoms with Crippen molar-refractivity contribution < 1.29 is 41.1 Å². The van der Waals surface area contributed by atoms with Crippen LogP contribution in [0.15, 0.2) is 12.2 Å². The molecule has 5 nitrogen and oxygen atoms in total. The fourth-order valence-electron chi connectivity index (χ4n) is 1.69. The van der Waals surface area contributed by atoms with Gasteiger partial charge >= 0.3 is 5.97 Å². The van der Waals surface area contributed by atoms with Crippen molar-refractivity contribution in [3.8, 4) is 5.75 Å². The molecule has 0 bridgehead atoms. The molecule has 10 heteroatoms. The number of hydrogen-bond acceptors (Lipinski definition) is 4. The molecule has 0 spiro atoms. The molecule has 0 radical (unpaired) electrons. The average Bonchev–Trinajstić information content (AvgIpc) is 2.84. The van der Waals surface area contributed by atoms with Crippen molar-refractivity contribution in [2.75, 3.05) is 6.54 Å². The summed E-state index contributed by atoms with van der Waals surface area (Å²) < 4.78 is 69.4. The second kappa shape index (κ2) is 6.15. The topological polar surface area (TPSA) is 63.7 Å². The summed E-state index contributed by atoms with van der Waals surface area (Å²) in [7, 11) is 0. The van der Waals surface area contributed by atoms with Gasteiger partial charge in [-0.15, -0.1) is 0 Å². The van der Waals surface area contributed by atoms with E-state index >= 15 is 0 Å². The Morgan fingerprint density at radius 3 is 1.78 bits per heavy atom. The minimum absolute atomic E-state index is 0.473. The van der Waals surface area contributed by atoms with E-state index < -0.39 is 65.6 Å². The maximum atomic E-state index is 13.3. The maximum absolute atomic E-state index is 13.3. The first-order chi connectivity index (χ1) is 10.7. The first kappa shape index (κ1) is 16.6. The molecular formula is C13H6F5NO4.